The van der Waals surface area contributed by atoms with Crippen LogP contribution in [0.3, 0.4) is 0 Å². The fourth-order valence-corrected chi connectivity index (χ4v) is 7.70. The minimum atomic E-state index is -0.654. The van der Waals surface area contributed by atoms with E-state index < -0.39 is 22.9 Å². The average Bonchev–Trinajstić information content (AvgIpc) is 3.56. The van der Waals surface area contributed by atoms with Crippen LogP contribution in [-0.2, 0) is 23.7 Å². The smallest absolute Gasteiger partial charge is 0.334 e. The predicted octanol–water partition coefficient (Wildman–Crippen LogP) is 2.77. The van der Waals surface area contributed by atoms with Crippen LogP contribution in [0.2, 0.25) is 0 Å². The molecule has 2 spiro atoms. The van der Waals surface area contributed by atoms with E-state index in [1.54, 1.807) is 0 Å². The molecule has 1 N–H and O–H groups in total. The van der Waals surface area contributed by atoms with E-state index in [1.807, 2.05) is 13.8 Å². The standard InChI is InChI=1S/C20H24O6.C2H6.CH4/c1-8(2)18-13(25-18)14-20(26-14)17(3)5-4-9-10(7-23-15(9)21)11(17)6-12-19(20,24-12)16(18)22;1-2;/h8,11-14,16,22H,4-7H2,1-3H3;1-2H3;1H4/t11-,12?,13-,14-,16+,17-,18-,19+,20+;;/m0../s1. The molecule has 6 heteroatoms. The Hall–Kier alpha value is -0.950. The van der Waals surface area contributed by atoms with Crippen LogP contribution in [0.1, 0.15) is 61.3 Å². The molecule has 7 aliphatic rings. The Labute approximate surface area is 172 Å². The van der Waals surface area contributed by atoms with Crippen LogP contribution in [0, 0.1) is 17.3 Å². The van der Waals surface area contributed by atoms with Crippen molar-refractivity contribution in [3.8, 4) is 0 Å². The molecule has 3 saturated heterocycles. The zero-order chi connectivity index (χ0) is 19.9. The van der Waals surface area contributed by atoms with Gasteiger partial charge in [-0.15, -0.1) is 0 Å². The lowest BCUT2D eigenvalue weighted by atomic mass is 9.46. The summed E-state index contributed by atoms with van der Waals surface area (Å²) in [6, 6.07) is 0. The third-order valence-corrected chi connectivity index (χ3v) is 9.10. The van der Waals surface area contributed by atoms with Crippen LogP contribution in [0.15, 0.2) is 11.1 Å². The summed E-state index contributed by atoms with van der Waals surface area (Å²) in [6.07, 6.45) is 1.71. The van der Waals surface area contributed by atoms with E-state index in [4.69, 9.17) is 18.9 Å². The number of cyclic esters (lactones) is 1. The van der Waals surface area contributed by atoms with Gasteiger partial charge in [0.2, 0.25) is 0 Å². The maximum absolute atomic E-state index is 12.1. The molecule has 29 heavy (non-hydrogen) atoms. The highest BCUT2D eigenvalue weighted by atomic mass is 16.7. The van der Waals surface area contributed by atoms with E-state index in [1.165, 1.54) is 0 Å². The van der Waals surface area contributed by atoms with Crippen molar-refractivity contribution >= 4 is 5.97 Å². The van der Waals surface area contributed by atoms with E-state index in [0.717, 1.165) is 30.4 Å². The normalized spacial score (nSPS) is 56.8. The van der Waals surface area contributed by atoms with Gasteiger partial charge in [-0.05, 0) is 36.7 Å². The first-order valence-electron chi connectivity index (χ1n) is 10.9. The maximum Gasteiger partial charge on any atom is 0.334 e. The van der Waals surface area contributed by atoms with E-state index in [2.05, 4.69) is 20.8 Å². The van der Waals surface area contributed by atoms with Crippen molar-refractivity contribution in [2.24, 2.45) is 17.3 Å². The van der Waals surface area contributed by atoms with Crippen molar-refractivity contribution in [2.75, 3.05) is 6.61 Å². The van der Waals surface area contributed by atoms with E-state index in [9.17, 15) is 9.90 Å². The Morgan fingerprint density at radius 1 is 1.14 bits per heavy atom. The molecule has 4 heterocycles. The van der Waals surface area contributed by atoms with Gasteiger partial charge >= 0.3 is 5.97 Å². The van der Waals surface area contributed by atoms with Crippen LogP contribution in [0.5, 0.6) is 0 Å². The molecule has 2 saturated carbocycles. The molecule has 7 rings (SSSR count). The predicted molar refractivity (Wildman–Crippen MR) is 105 cm³/mol. The first-order chi connectivity index (χ1) is 13.3. The zero-order valence-electron chi connectivity index (χ0n) is 17.3. The Morgan fingerprint density at radius 2 is 1.86 bits per heavy atom. The second kappa shape index (κ2) is 5.45. The number of hydrogen-bond donors (Lipinski definition) is 1. The van der Waals surface area contributed by atoms with Gasteiger partial charge in [0.1, 0.15) is 36.1 Å². The lowest BCUT2D eigenvalue weighted by molar-refractivity contribution is -0.136. The molecule has 3 aliphatic carbocycles. The number of carbonyl (C=O) groups excluding carboxylic acids is 1. The summed E-state index contributed by atoms with van der Waals surface area (Å²) in [5, 5.41) is 11.4. The number of aliphatic hydroxyl groups is 1. The highest BCUT2D eigenvalue weighted by Gasteiger charge is 3.00. The Bertz CT molecular complexity index is 820. The molecule has 0 aromatic carbocycles. The highest BCUT2D eigenvalue weighted by Crippen LogP contribution is 2.82. The van der Waals surface area contributed by atoms with Crippen LogP contribution in [0.4, 0.5) is 0 Å². The molecular weight excluding hydrogens is 372 g/mol. The fraction of sp³-hybridized carbons (Fsp3) is 0.870. The van der Waals surface area contributed by atoms with Gasteiger partial charge in [-0.1, -0.05) is 42.0 Å². The SMILES string of the molecule is C.CC.CC(C)[C@]12O[C@H]1[C@@H]1O[C@@]13[C@@]1(C)CCC4=C(COC4=O)[C@@H]1CC1O[C@@]13[C@@H]2O. The van der Waals surface area contributed by atoms with Gasteiger partial charge in [0.05, 0.1) is 6.10 Å². The first-order valence-corrected chi connectivity index (χ1v) is 10.9. The summed E-state index contributed by atoms with van der Waals surface area (Å²) >= 11 is 0. The van der Waals surface area contributed by atoms with E-state index >= 15 is 0 Å². The number of carbonyl (C=O) groups is 1. The second-order valence-corrected chi connectivity index (χ2v) is 9.91. The lowest BCUT2D eigenvalue weighted by Crippen LogP contribution is -2.69. The van der Waals surface area contributed by atoms with E-state index in [0.29, 0.717) is 6.61 Å². The molecule has 6 nitrogen and oxygen atoms in total. The summed E-state index contributed by atoms with van der Waals surface area (Å²) in [7, 11) is 0. The van der Waals surface area contributed by atoms with Crippen molar-refractivity contribution in [1.82, 2.24) is 0 Å². The molecule has 9 atom stereocenters. The first kappa shape index (κ1) is 20.0. The topological polar surface area (TPSA) is 84.1 Å². The Balaban J connectivity index is 0.000000589. The van der Waals surface area contributed by atoms with Crippen LogP contribution in [-0.4, -0.2) is 58.9 Å². The van der Waals surface area contributed by atoms with Crippen molar-refractivity contribution in [3.63, 3.8) is 0 Å². The van der Waals surface area contributed by atoms with Crippen molar-refractivity contribution in [3.05, 3.63) is 11.1 Å². The summed E-state index contributed by atoms with van der Waals surface area (Å²) in [5.74, 6) is 0.297. The van der Waals surface area contributed by atoms with Gasteiger partial charge in [0.25, 0.3) is 0 Å². The second-order valence-electron chi connectivity index (χ2n) is 9.91. The lowest BCUT2D eigenvalue weighted by Gasteiger charge is -2.53. The third kappa shape index (κ3) is 1.73. The van der Waals surface area contributed by atoms with Crippen molar-refractivity contribution in [1.29, 1.82) is 0 Å². The number of esters is 1. The highest BCUT2D eigenvalue weighted by molar-refractivity contribution is 5.92. The summed E-state index contributed by atoms with van der Waals surface area (Å²) in [5.41, 5.74) is 0.230. The van der Waals surface area contributed by atoms with Gasteiger partial charge in [-0.2, -0.15) is 0 Å². The number of ether oxygens (including phenoxy) is 4. The van der Waals surface area contributed by atoms with Crippen LogP contribution < -0.4 is 0 Å². The molecule has 0 bridgehead atoms. The van der Waals surface area contributed by atoms with Gasteiger partial charge in [0, 0.05) is 11.0 Å². The van der Waals surface area contributed by atoms with Crippen LogP contribution >= 0.6 is 0 Å². The third-order valence-electron chi connectivity index (χ3n) is 9.10. The summed E-state index contributed by atoms with van der Waals surface area (Å²) in [4.78, 5) is 12.1. The molecule has 4 aliphatic heterocycles. The minimum Gasteiger partial charge on any atom is -0.458 e. The minimum absolute atomic E-state index is 0. The number of rotatable bonds is 1. The van der Waals surface area contributed by atoms with Crippen molar-refractivity contribution in [2.45, 2.75) is 103 Å². The van der Waals surface area contributed by atoms with E-state index in [-0.39, 0.29) is 49.0 Å². The number of epoxide rings is 3. The fourth-order valence-electron chi connectivity index (χ4n) is 7.70. The molecule has 0 amide bonds. The molecule has 5 fully saturated rings. The molecule has 1 unspecified atom stereocenters. The summed E-state index contributed by atoms with van der Waals surface area (Å²) in [6.45, 7) is 10.9. The Morgan fingerprint density at radius 3 is 2.55 bits per heavy atom. The molecule has 0 aromatic heterocycles. The van der Waals surface area contributed by atoms with Crippen LogP contribution in [0.25, 0.3) is 0 Å². The van der Waals surface area contributed by atoms with Gasteiger partial charge in [0.15, 0.2) is 5.60 Å². The van der Waals surface area contributed by atoms with Crippen molar-refractivity contribution < 1.29 is 28.8 Å². The monoisotopic (exact) mass is 406 g/mol. The quantitative estimate of drug-likeness (QED) is 0.532. The van der Waals surface area contributed by atoms with Gasteiger partial charge in [-0.25, -0.2) is 4.79 Å². The largest absolute Gasteiger partial charge is 0.458 e. The maximum atomic E-state index is 12.1. The average molecular weight is 407 g/mol. The zero-order valence-corrected chi connectivity index (χ0v) is 17.3. The number of aliphatic hydroxyl groups excluding tert-OH is 1. The molecule has 0 aromatic rings. The van der Waals surface area contributed by atoms with Gasteiger partial charge in [-0.3, -0.25) is 0 Å². The molecular formula is C23H34O6. The number of fused-ring (bicyclic) bond motifs is 4. The van der Waals surface area contributed by atoms with Gasteiger partial charge < -0.3 is 24.1 Å². The Kier molecular flexibility index (Phi) is 3.75. The molecule has 162 valence electrons. The summed E-state index contributed by atoms with van der Waals surface area (Å²) < 4.78 is 24.3. The number of hydrogen-bond acceptors (Lipinski definition) is 6. The molecule has 0 radical (unpaired) electrons.